The van der Waals surface area contributed by atoms with Gasteiger partial charge in [-0.05, 0) is 44.0 Å². The average Bonchev–Trinajstić information content (AvgIpc) is 3.23. The van der Waals surface area contributed by atoms with Crippen molar-refractivity contribution in [3.63, 3.8) is 0 Å². The molecule has 1 aromatic heterocycles. The van der Waals surface area contributed by atoms with Crippen molar-refractivity contribution in [1.29, 1.82) is 0 Å². The molecule has 8 nitrogen and oxygen atoms in total. The Kier molecular flexibility index (Phi) is 9.89. The minimum atomic E-state index is -4.65. The molecule has 0 spiro atoms. The fourth-order valence-corrected chi connectivity index (χ4v) is 2.90. The molecule has 3 atom stereocenters. The van der Waals surface area contributed by atoms with Crippen LogP contribution in [0.4, 0.5) is 27.6 Å². The Bertz CT molecular complexity index is 1020. The Morgan fingerprint density at radius 3 is 2.57 bits per heavy atom. The molecule has 2 aromatic rings. The van der Waals surface area contributed by atoms with Crippen molar-refractivity contribution in [2.24, 2.45) is 11.7 Å². The minimum Gasteiger partial charge on any atom is -0.490 e. The maximum Gasteiger partial charge on any atom is 0.397 e. The number of nitrogens with zero attached hydrogens (tertiary/aromatic N) is 1. The van der Waals surface area contributed by atoms with Gasteiger partial charge in [0.15, 0.2) is 11.6 Å². The molecule has 1 aliphatic heterocycles. The molecule has 35 heavy (non-hydrogen) atoms. The number of amides is 2. The molecule has 0 radical (unpaired) electrons. The van der Waals surface area contributed by atoms with Gasteiger partial charge in [-0.15, -0.1) is 0 Å². The van der Waals surface area contributed by atoms with Crippen LogP contribution in [0.25, 0.3) is 0 Å². The zero-order chi connectivity index (χ0) is 26.2. The van der Waals surface area contributed by atoms with Gasteiger partial charge >= 0.3 is 6.18 Å². The smallest absolute Gasteiger partial charge is 0.397 e. The minimum absolute atomic E-state index is 0.111. The monoisotopic (exact) mass is 505 g/mol. The molecule has 2 heterocycles. The summed E-state index contributed by atoms with van der Waals surface area (Å²) in [5.41, 5.74) is 5.73. The summed E-state index contributed by atoms with van der Waals surface area (Å²) in [6.45, 7) is -0.217. The van der Waals surface area contributed by atoms with Crippen molar-refractivity contribution in [3.8, 4) is 5.75 Å². The number of rotatable bonds is 7. The summed E-state index contributed by atoms with van der Waals surface area (Å²) in [6, 6.07) is 5.97. The zero-order valence-corrected chi connectivity index (χ0v) is 18.5. The number of carbonyl (C=O) groups excluding carboxylic acids is 2. The predicted octanol–water partition coefficient (Wildman–Crippen LogP) is 3.20. The Morgan fingerprint density at radius 2 is 2.00 bits per heavy atom. The van der Waals surface area contributed by atoms with E-state index in [1.165, 1.54) is 12.3 Å². The largest absolute Gasteiger partial charge is 0.490 e. The van der Waals surface area contributed by atoms with Crippen molar-refractivity contribution in [2.75, 3.05) is 18.5 Å². The van der Waals surface area contributed by atoms with Gasteiger partial charge < -0.3 is 25.6 Å². The zero-order valence-electron chi connectivity index (χ0n) is 18.5. The summed E-state index contributed by atoms with van der Waals surface area (Å²) in [7, 11) is 0. The van der Waals surface area contributed by atoms with E-state index < -0.39 is 54.7 Å². The molecule has 192 valence electrons. The summed E-state index contributed by atoms with van der Waals surface area (Å²) in [5, 5.41) is 11.2. The molecule has 13 heteroatoms. The molecule has 1 aliphatic rings. The van der Waals surface area contributed by atoms with Gasteiger partial charge in [0, 0.05) is 11.9 Å². The first-order chi connectivity index (χ1) is 16.4. The number of hydrogen-bond donors (Lipinski definition) is 3. The normalized spacial score (nSPS) is 18.3. The van der Waals surface area contributed by atoms with E-state index in [2.05, 4.69) is 15.0 Å². The van der Waals surface area contributed by atoms with Crippen LogP contribution >= 0.6 is 0 Å². The number of benzene rings is 1. The molecule has 0 bridgehead atoms. The SMILES string of the molecule is CC1CCC(C(=O)Nc2ccnc(C(N)=O)c2)O1.OCC(COc1cccc(F)c1F)C(F)(F)F. The van der Waals surface area contributed by atoms with Crippen molar-refractivity contribution in [2.45, 2.75) is 38.1 Å². The Hall–Kier alpha value is -3.32. The number of ether oxygens (including phenoxy) is 2. The van der Waals surface area contributed by atoms with Crippen LogP contribution in [-0.4, -0.2) is 53.5 Å². The summed E-state index contributed by atoms with van der Waals surface area (Å²) in [6.07, 6.45) is -1.96. The fourth-order valence-electron chi connectivity index (χ4n) is 2.90. The number of aliphatic hydroxyl groups excluding tert-OH is 1. The molecule has 2 amide bonds. The van der Waals surface area contributed by atoms with Crippen molar-refractivity contribution < 1.29 is 46.1 Å². The second-order valence-corrected chi connectivity index (χ2v) is 7.58. The van der Waals surface area contributed by atoms with Gasteiger partial charge in [0.2, 0.25) is 5.82 Å². The van der Waals surface area contributed by atoms with Crippen LogP contribution in [0.3, 0.4) is 0 Å². The van der Waals surface area contributed by atoms with Crippen LogP contribution in [-0.2, 0) is 9.53 Å². The van der Waals surface area contributed by atoms with Gasteiger partial charge in [0.05, 0.1) is 12.7 Å². The van der Waals surface area contributed by atoms with Crippen LogP contribution in [0.1, 0.15) is 30.3 Å². The van der Waals surface area contributed by atoms with Crippen LogP contribution in [0.2, 0.25) is 0 Å². The summed E-state index contributed by atoms with van der Waals surface area (Å²) >= 11 is 0. The third-order valence-electron chi connectivity index (χ3n) is 4.84. The Labute approximate surface area is 197 Å². The number of nitrogens with one attached hydrogen (secondary N) is 1. The van der Waals surface area contributed by atoms with E-state index in [-0.39, 0.29) is 17.7 Å². The van der Waals surface area contributed by atoms with Crippen LogP contribution in [0.15, 0.2) is 36.5 Å². The lowest BCUT2D eigenvalue weighted by molar-refractivity contribution is -0.190. The maximum atomic E-state index is 13.0. The molecule has 1 aromatic carbocycles. The van der Waals surface area contributed by atoms with E-state index in [0.717, 1.165) is 24.6 Å². The summed E-state index contributed by atoms with van der Waals surface area (Å²) < 4.78 is 72.2. The van der Waals surface area contributed by atoms with Crippen LogP contribution in [0.5, 0.6) is 5.75 Å². The lowest BCUT2D eigenvalue weighted by Crippen LogP contribution is -2.31. The van der Waals surface area contributed by atoms with Gasteiger partial charge in [0.25, 0.3) is 11.8 Å². The lowest BCUT2D eigenvalue weighted by atomic mass is 10.2. The number of hydrogen-bond acceptors (Lipinski definition) is 6. The summed E-state index contributed by atoms with van der Waals surface area (Å²) in [4.78, 5) is 26.6. The maximum absolute atomic E-state index is 13.0. The molecular formula is C22H24F5N3O5. The van der Waals surface area contributed by atoms with Gasteiger partial charge in [-0.1, -0.05) is 6.07 Å². The number of alkyl halides is 3. The van der Waals surface area contributed by atoms with Gasteiger partial charge in [-0.3, -0.25) is 14.6 Å². The number of aromatic nitrogens is 1. The molecule has 4 N–H and O–H groups in total. The number of aliphatic hydroxyl groups is 1. The quantitative estimate of drug-likeness (QED) is 0.497. The van der Waals surface area contributed by atoms with E-state index in [9.17, 15) is 31.5 Å². The number of primary amides is 1. The highest BCUT2D eigenvalue weighted by Crippen LogP contribution is 2.27. The van der Waals surface area contributed by atoms with Gasteiger partial charge in [-0.25, -0.2) is 4.39 Å². The molecule has 1 fully saturated rings. The van der Waals surface area contributed by atoms with Crippen molar-refractivity contribution in [1.82, 2.24) is 4.98 Å². The van der Waals surface area contributed by atoms with E-state index in [0.29, 0.717) is 12.1 Å². The van der Waals surface area contributed by atoms with Crippen LogP contribution in [0, 0.1) is 17.6 Å². The molecule has 1 saturated heterocycles. The van der Waals surface area contributed by atoms with Gasteiger partial charge in [0.1, 0.15) is 24.3 Å². The summed E-state index contributed by atoms with van der Waals surface area (Å²) in [5.74, 6) is -6.16. The average molecular weight is 505 g/mol. The second-order valence-electron chi connectivity index (χ2n) is 7.58. The number of nitrogens with two attached hydrogens (primary N) is 1. The van der Waals surface area contributed by atoms with E-state index >= 15 is 0 Å². The standard InChI is InChI=1S/C12H15N3O3.C10H9F5O2/c1-7-2-3-10(18-7)12(17)15-8-4-5-14-9(6-8)11(13)16;11-7-2-1-3-8(9(7)12)17-5-6(4-16)10(13,14)15/h4-7,10H,2-3H2,1H3,(H2,13,16)(H,14,15,17);1-3,6,16H,4-5H2. The molecule has 0 saturated carbocycles. The first-order valence-corrected chi connectivity index (χ1v) is 10.4. The number of halogens is 5. The Morgan fingerprint density at radius 1 is 1.29 bits per heavy atom. The topological polar surface area (TPSA) is 124 Å². The first kappa shape index (κ1) is 27.9. The molecule has 3 unspecified atom stereocenters. The molecule has 3 rings (SSSR count). The highest BCUT2D eigenvalue weighted by atomic mass is 19.4. The van der Waals surface area contributed by atoms with Crippen molar-refractivity contribution in [3.05, 3.63) is 53.9 Å². The Balaban J connectivity index is 0.000000247. The number of pyridine rings is 1. The highest BCUT2D eigenvalue weighted by molar-refractivity contribution is 5.96. The molecular weight excluding hydrogens is 481 g/mol. The second kappa shape index (κ2) is 12.4. The van der Waals surface area contributed by atoms with Gasteiger partial charge in [-0.2, -0.15) is 17.6 Å². The fraction of sp³-hybridized carbons (Fsp3) is 0.409. The number of anilines is 1. The van der Waals surface area contributed by atoms with E-state index in [1.54, 1.807) is 6.07 Å². The van der Waals surface area contributed by atoms with E-state index in [4.69, 9.17) is 15.6 Å². The van der Waals surface area contributed by atoms with Crippen LogP contribution < -0.4 is 15.8 Å². The van der Waals surface area contributed by atoms with E-state index in [1.807, 2.05) is 6.92 Å². The first-order valence-electron chi connectivity index (χ1n) is 10.4. The number of carbonyl (C=O) groups is 2. The highest BCUT2D eigenvalue weighted by Gasteiger charge is 2.39. The third-order valence-corrected chi connectivity index (χ3v) is 4.84. The predicted molar refractivity (Wildman–Crippen MR) is 113 cm³/mol. The molecule has 0 aliphatic carbocycles. The van der Waals surface area contributed by atoms with Crippen molar-refractivity contribution >= 4 is 17.5 Å². The third kappa shape index (κ3) is 8.44. The lowest BCUT2D eigenvalue weighted by Gasteiger charge is -2.18.